The van der Waals surface area contributed by atoms with Crippen LogP contribution in [0.3, 0.4) is 0 Å². The van der Waals surface area contributed by atoms with Crippen LogP contribution in [0.25, 0.3) is 5.78 Å². The molecule has 0 atom stereocenters. The average Bonchev–Trinajstić information content (AvgIpc) is 2.97. The second-order valence-electron chi connectivity index (χ2n) is 5.16. The number of nitrogens with zero attached hydrogens (tertiary/aromatic N) is 6. The van der Waals surface area contributed by atoms with Gasteiger partial charge in [0.15, 0.2) is 5.49 Å². The van der Waals surface area contributed by atoms with Crippen LogP contribution in [0.1, 0.15) is 18.2 Å². The van der Waals surface area contributed by atoms with Gasteiger partial charge in [-0.15, -0.1) is 5.10 Å². The second kappa shape index (κ2) is 6.74. The van der Waals surface area contributed by atoms with Crippen LogP contribution in [-0.2, 0) is 11.3 Å². The molecule has 1 amide bonds. The first kappa shape index (κ1) is 16.7. The highest BCUT2D eigenvalue weighted by molar-refractivity contribution is 7.98. The number of aryl methyl sites for hydroxylation is 1. The number of aromatic nitrogens is 5. The second-order valence-corrected chi connectivity index (χ2v) is 6.32. The van der Waals surface area contributed by atoms with E-state index in [0.29, 0.717) is 28.1 Å². The third kappa shape index (κ3) is 3.34. The number of hydrogen-bond acceptors (Lipinski definition) is 5. The van der Waals surface area contributed by atoms with Crippen molar-refractivity contribution in [2.75, 3.05) is 6.26 Å². The number of amides is 1. The first-order valence-corrected chi connectivity index (χ1v) is 8.75. The van der Waals surface area contributed by atoms with Gasteiger partial charge in [-0.25, -0.2) is 4.98 Å². The van der Waals surface area contributed by atoms with Crippen molar-refractivity contribution in [3.63, 3.8) is 0 Å². The minimum absolute atomic E-state index is 0.281. The lowest BCUT2D eigenvalue weighted by atomic mass is 10.2. The summed E-state index contributed by atoms with van der Waals surface area (Å²) < 4.78 is 3.58. The number of thioether (sulfide) groups is 1. The number of hydrogen-bond donors (Lipinski definition) is 0. The highest BCUT2D eigenvalue weighted by Crippen LogP contribution is 2.14. The van der Waals surface area contributed by atoms with Crippen LogP contribution >= 0.6 is 23.4 Å². The predicted octanol–water partition coefficient (Wildman–Crippen LogP) is 2.11. The fourth-order valence-electron chi connectivity index (χ4n) is 2.30. The Morgan fingerprint density at radius 1 is 1.42 bits per heavy atom. The molecule has 0 aromatic carbocycles. The Morgan fingerprint density at radius 2 is 2.21 bits per heavy atom. The molecular weight excluding hydrogens is 348 g/mol. The van der Waals surface area contributed by atoms with E-state index in [4.69, 9.17) is 11.6 Å². The Bertz CT molecular complexity index is 976. The molecule has 24 heavy (non-hydrogen) atoms. The van der Waals surface area contributed by atoms with Crippen molar-refractivity contribution >= 4 is 35.0 Å². The third-order valence-electron chi connectivity index (χ3n) is 3.38. The fraction of sp³-hybridized carbons (Fsp3) is 0.267. The molecule has 0 aliphatic rings. The maximum Gasteiger partial charge on any atom is 0.244 e. The largest absolute Gasteiger partial charge is 0.310 e. The van der Waals surface area contributed by atoms with E-state index < -0.39 is 0 Å². The van der Waals surface area contributed by atoms with Crippen LogP contribution < -0.4 is 5.49 Å². The van der Waals surface area contributed by atoms with Gasteiger partial charge in [0.1, 0.15) is 5.15 Å². The molecule has 0 aliphatic carbocycles. The summed E-state index contributed by atoms with van der Waals surface area (Å²) in [6, 6.07) is 5.48. The van der Waals surface area contributed by atoms with E-state index in [1.165, 1.54) is 18.7 Å². The lowest BCUT2D eigenvalue weighted by Crippen LogP contribution is -2.23. The SMILES string of the molecule is CSc1nc2n(Cc3ccc(Cl)nc3)c(C)cc(=NC(C)=O)n2n1. The molecule has 7 nitrogen and oxygen atoms in total. The van der Waals surface area contributed by atoms with Crippen molar-refractivity contribution in [3.8, 4) is 0 Å². The van der Waals surface area contributed by atoms with Crippen molar-refractivity contribution in [3.05, 3.63) is 46.3 Å². The summed E-state index contributed by atoms with van der Waals surface area (Å²) in [5, 5.41) is 5.47. The van der Waals surface area contributed by atoms with Gasteiger partial charge in [0.25, 0.3) is 0 Å². The Morgan fingerprint density at radius 3 is 2.83 bits per heavy atom. The maximum atomic E-state index is 11.4. The Hall–Kier alpha value is -2.19. The predicted molar refractivity (Wildman–Crippen MR) is 92.1 cm³/mol. The van der Waals surface area contributed by atoms with Gasteiger partial charge >= 0.3 is 0 Å². The molecule has 0 aliphatic heterocycles. The molecular formula is C15H15ClN6OS. The first-order valence-electron chi connectivity index (χ1n) is 7.15. The zero-order valence-electron chi connectivity index (χ0n) is 13.4. The lowest BCUT2D eigenvalue weighted by Gasteiger charge is -2.12. The monoisotopic (exact) mass is 362 g/mol. The molecule has 124 valence electrons. The van der Waals surface area contributed by atoms with E-state index in [0.717, 1.165) is 11.3 Å². The zero-order valence-corrected chi connectivity index (χ0v) is 15.0. The minimum Gasteiger partial charge on any atom is -0.310 e. The number of halogens is 1. The molecule has 0 unspecified atom stereocenters. The molecule has 0 spiro atoms. The Labute approximate surface area is 147 Å². The third-order valence-corrected chi connectivity index (χ3v) is 4.14. The van der Waals surface area contributed by atoms with Crippen LogP contribution in [0.2, 0.25) is 5.15 Å². The molecule has 3 aromatic rings. The van der Waals surface area contributed by atoms with Crippen molar-refractivity contribution in [1.82, 2.24) is 24.1 Å². The van der Waals surface area contributed by atoms with Gasteiger partial charge in [-0.05, 0) is 24.8 Å². The molecule has 3 aromatic heterocycles. The first-order chi connectivity index (χ1) is 11.5. The van der Waals surface area contributed by atoms with E-state index in [2.05, 4.69) is 20.1 Å². The van der Waals surface area contributed by atoms with E-state index in [1.807, 2.05) is 29.9 Å². The van der Waals surface area contributed by atoms with Crippen molar-refractivity contribution in [2.24, 2.45) is 4.99 Å². The number of carbonyl (C=O) groups is 1. The van der Waals surface area contributed by atoms with E-state index in [1.54, 1.807) is 16.8 Å². The zero-order chi connectivity index (χ0) is 17.3. The molecule has 0 saturated heterocycles. The van der Waals surface area contributed by atoms with Gasteiger partial charge in [0.05, 0.1) is 6.54 Å². The van der Waals surface area contributed by atoms with E-state index in [-0.39, 0.29) is 5.91 Å². The smallest absolute Gasteiger partial charge is 0.244 e. The van der Waals surface area contributed by atoms with E-state index in [9.17, 15) is 4.79 Å². The quantitative estimate of drug-likeness (QED) is 0.526. The average molecular weight is 363 g/mol. The van der Waals surface area contributed by atoms with Crippen LogP contribution in [-0.4, -0.2) is 36.3 Å². The summed E-state index contributed by atoms with van der Waals surface area (Å²) in [5.74, 6) is 0.339. The maximum absolute atomic E-state index is 11.4. The van der Waals surface area contributed by atoms with Crippen LogP contribution in [0.5, 0.6) is 0 Å². The van der Waals surface area contributed by atoms with Crippen LogP contribution in [0, 0.1) is 6.92 Å². The van der Waals surface area contributed by atoms with E-state index >= 15 is 0 Å². The van der Waals surface area contributed by atoms with Gasteiger partial charge < -0.3 is 4.57 Å². The normalized spacial score (nSPS) is 12.1. The van der Waals surface area contributed by atoms with Gasteiger partial charge in [0, 0.05) is 24.9 Å². The van der Waals surface area contributed by atoms with Gasteiger partial charge in [-0.3, -0.25) is 4.79 Å². The minimum atomic E-state index is -0.281. The summed E-state index contributed by atoms with van der Waals surface area (Å²) in [5.41, 5.74) is 2.37. The summed E-state index contributed by atoms with van der Waals surface area (Å²) in [6.07, 6.45) is 3.63. The van der Waals surface area contributed by atoms with Gasteiger partial charge in [-0.2, -0.15) is 14.5 Å². The molecule has 0 bridgehead atoms. The molecule has 0 fully saturated rings. The summed E-state index contributed by atoms with van der Waals surface area (Å²) in [4.78, 5) is 24.1. The molecule has 3 rings (SSSR count). The number of rotatable bonds is 3. The van der Waals surface area contributed by atoms with Crippen LogP contribution in [0.15, 0.2) is 34.5 Å². The molecule has 9 heteroatoms. The number of fused-ring (bicyclic) bond motifs is 1. The summed E-state index contributed by atoms with van der Waals surface area (Å²) >= 11 is 7.27. The highest BCUT2D eigenvalue weighted by atomic mass is 35.5. The summed E-state index contributed by atoms with van der Waals surface area (Å²) in [6.45, 7) is 3.91. The van der Waals surface area contributed by atoms with Crippen molar-refractivity contribution in [2.45, 2.75) is 25.5 Å². The van der Waals surface area contributed by atoms with Crippen molar-refractivity contribution < 1.29 is 4.79 Å². The topological polar surface area (TPSA) is 77.4 Å². The standard InChI is InChI=1S/C15H15ClN6OS/c1-9-6-13(18-10(2)23)22-15(19-14(20-22)24-3)21(9)8-11-4-5-12(16)17-7-11/h4-7H,8H2,1-3H3. The molecule has 0 saturated carbocycles. The van der Waals surface area contributed by atoms with Crippen LogP contribution in [0.4, 0.5) is 0 Å². The van der Waals surface area contributed by atoms with Gasteiger partial charge in [0.2, 0.25) is 16.8 Å². The van der Waals surface area contributed by atoms with Crippen molar-refractivity contribution in [1.29, 1.82) is 0 Å². The molecule has 0 N–H and O–H groups in total. The lowest BCUT2D eigenvalue weighted by molar-refractivity contribution is -0.116. The Kier molecular flexibility index (Phi) is 4.68. The fourth-order valence-corrected chi connectivity index (χ4v) is 2.75. The highest BCUT2D eigenvalue weighted by Gasteiger charge is 2.12. The Balaban J connectivity index is 2.20. The molecule has 0 radical (unpaired) electrons. The molecule has 3 heterocycles. The number of pyridine rings is 1. The van der Waals surface area contributed by atoms with Gasteiger partial charge in [-0.1, -0.05) is 29.4 Å². The summed E-state index contributed by atoms with van der Waals surface area (Å²) in [7, 11) is 0. The number of carbonyl (C=O) groups excluding carboxylic acids is 1.